The molecule has 0 aromatic carbocycles. The first-order valence-electron chi connectivity index (χ1n) is 4.98. The normalized spacial score (nSPS) is 11.5. The highest BCUT2D eigenvalue weighted by molar-refractivity contribution is 5.68. The predicted molar refractivity (Wildman–Crippen MR) is 59.0 cm³/mol. The molecule has 82 valence electrons. The molecule has 0 aliphatic rings. The molecule has 0 atom stereocenters. The van der Waals surface area contributed by atoms with Crippen molar-refractivity contribution in [3.05, 3.63) is 29.1 Å². The van der Waals surface area contributed by atoms with Gasteiger partial charge in [-0.2, -0.15) is 0 Å². The van der Waals surface area contributed by atoms with Crippen LogP contribution >= 0.6 is 0 Å². The molecule has 0 saturated carbocycles. The number of aromatic nitrogens is 1. The summed E-state index contributed by atoms with van der Waals surface area (Å²) in [5.41, 5.74) is 2.71. The number of carboxylic acid groups (broad SMARTS) is 1. The smallest absolute Gasteiger partial charge is 0.304 e. The number of carboxylic acids is 1. The molecular formula is C12H17NO2. The Morgan fingerprint density at radius 2 is 2.07 bits per heavy atom. The molecule has 0 unspecified atom stereocenters. The van der Waals surface area contributed by atoms with Crippen molar-refractivity contribution in [3.8, 4) is 0 Å². The summed E-state index contributed by atoms with van der Waals surface area (Å²) >= 11 is 0. The minimum Gasteiger partial charge on any atom is -0.481 e. The Morgan fingerprint density at radius 1 is 1.47 bits per heavy atom. The molecule has 0 spiro atoms. The first-order valence-corrected chi connectivity index (χ1v) is 4.98. The summed E-state index contributed by atoms with van der Waals surface area (Å²) in [5, 5.41) is 8.81. The second kappa shape index (κ2) is 4.01. The number of aryl methyl sites for hydroxylation is 2. The number of nitrogens with zero attached hydrogens (tertiary/aromatic N) is 1. The first-order chi connectivity index (χ1) is 6.83. The van der Waals surface area contributed by atoms with Crippen molar-refractivity contribution < 1.29 is 9.90 Å². The second-order valence-electron chi connectivity index (χ2n) is 4.58. The molecule has 3 heteroatoms. The van der Waals surface area contributed by atoms with Crippen LogP contribution in [0.25, 0.3) is 0 Å². The summed E-state index contributed by atoms with van der Waals surface area (Å²) in [5.74, 6) is -0.779. The van der Waals surface area contributed by atoms with Gasteiger partial charge in [0.25, 0.3) is 0 Å². The molecule has 15 heavy (non-hydrogen) atoms. The molecule has 0 radical (unpaired) electrons. The lowest BCUT2D eigenvalue weighted by Gasteiger charge is -2.23. The molecular weight excluding hydrogens is 190 g/mol. The van der Waals surface area contributed by atoms with Crippen molar-refractivity contribution in [2.24, 2.45) is 0 Å². The summed E-state index contributed by atoms with van der Waals surface area (Å²) in [6.45, 7) is 7.78. The van der Waals surface area contributed by atoms with Crippen molar-refractivity contribution in [2.45, 2.75) is 39.5 Å². The highest BCUT2D eigenvalue weighted by atomic mass is 16.4. The number of rotatable bonds is 3. The van der Waals surface area contributed by atoms with Gasteiger partial charge in [0.15, 0.2) is 0 Å². The van der Waals surface area contributed by atoms with Crippen LogP contribution in [-0.4, -0.2) is 16.1 Å². The van der Waals surface area contributed by atoms with Gasteiger partial charge < -0.3 is 5.11 Å². The van der Waals surface area contributed by atoms with E-state index in [9.17, 15) is 4.79 Å². The Morgan fingerprint density at radius 3 is 2.53 bits per heavy atom. The van der Waals surface area contributed by atoms with Crippen LogP contribution in [0.2, 0.25) is 0 Å². The lowest BCUT2D eigenvalue weighted by Crippen LogP contribution is -2.22. The summed E-state index contributed by atoms with van der Waals surface area (Å²) in [7, 11) is 0. The van der Waals surface area contributed by atoms with E-state index in [-0.39, 0.29) is 11.8 Å². The minimum atomic E-state index is -0.779. The van der Waals surface area contributed by atoms with Gasteiger partial charge >= 0.3 is 5.97 Å². The molecule has 0 saturated heterocycles. The minimum absolute atomic E-state index is 0.122. The number of aliphatic carboxylic acids is 1. The predicted octanol–water partition coefficient (Wildman–Crippen LogP) is 2.45. The third-order valence-corrected chi connectivity index (χ3v) is 2.71. The van der Waals surface area contributed by atoms with E-state index in [2.05, 4.69) is 4.98 Å². The average molecular weight is 207 g/mol. The fourth-order valence-corrected chi connectivity index (χ4v) is 1.49. The van der Waals surface area contributed by atoms with Crippen LogP contribution in [0.1, 0.15) is 37.1 Å². The van der Waals surface area contributed by atoms with Gasteiger partial charge in [-0.05, 0) is 25.0 Å². The Bertz CT molecular complexity index is 383. The molecule has 1 aromatic heterocycles. The van der Waals surface area contributed by atoms with Crippen LogP contribution in [-0.2, 0) is 10.2 Å². The van der Waals surface area contributed by atoms with Gasteiger partial charge in [0.2, 0.25) is 0 Å². The van der Waals surface area contributed by atoms with Crippen molar-refractivity contribution in [3.63, 3.8) is 0 Å². The lowest BCUT2D eigenvalue weighted by molar-refractivity contribution is -0.138. The molecule has 0 bridgehead atoms. The van der Waals surface area contributed by atoms with E-state index in [0.29, 0.717) is 0 Å². The maximum Gasteiger partial charge on any atom is 0.304 e. The zero-order valence-electron chi connectivity index (χ0n) is 9.66. The van der Waals surface area contributed by atoms with E-state index in [0.717, 1.165) is 16.8 Å². The van der Waals surface area contributed by atoms with Crippen LogP contribution in [0.5, 0.6) is 0 Å². The number of hydrogen-bond donors (Lipinski definition) is 1. The summed E-state index contributed by atoms with van der Waals surface area (Å²) < 4.78 is 0. The molecule has 1 heterocycles. The monoisotopic (exact) mass is 207 g/mol. The largest absolute Gasteiger partial charge is 0.481 e. The van der Waals surface area contributed by atoms with Crippen LogP contribution in [0.4, 0.5) is 0 Å². The quantitative estimate of drug-likeness (QED) is 0.828. The highest BCUT2D eigenvalue weighted by Crippen LogP contribution is 2.27. The second-order valence-corrected chi connectivity index (χ2v) is 4.58. The van der Waals surface area contributed by atoms with E-state index >= 15 is 0 Å². The van der Waals surface area contributed by atoms with Crippen molar-refractivity contribution in [1.29, 1.82) is 0 Å². The van der Waals surface area contributed by atoms with E-state index in [1.807, 2.05) is 33.8 Å². The number of carbonyl (C=O) groups is 1. The molecule has 0 aliphatic carbocycles. The Hall–Kier alpha value is -1.38. The zero-order chi connectivity index (χ0) is 11.6. The SMILES string of the molecule is Cc1cc(C(C)(C)CC(=O)O)cnc1C. The lowest BCUT2D eigenvalue weighted by atomic mass is 9.82. The topological polar surface area (TPSA) is 50.2 Å². The molecule has 0 aliphatic heterocycles. The fraction of sp³-hybridized carbons (Fsp3) is 0.500. The fourth-order valence-electron chi connectivity index (χ4n) is 1.49. The Kier molecular flexibility index (Phi) is 3.12. The molecule has 3 nitrogen and oxygen atoms in total. The van der Waals surface area contributed by atoms with Crippen LogP contribution in [0, 0.1) is 13.8 Å². The summed E-state index contributed by atoms with van der Waals surface area (Å²) in [4.78, 5) is 15.0. The molecule has 1 aromatic rings. The van der Waals surface area contributed by atoms with Gasteiger partial charge in [-0.1, -0.05) is 19.9 Å². The third kappa shape index (κ3) is 2.78. The van der Waals surface area contributed by atoms with Gasteiger partial charge in [0.1, 0.15) is 0 Å². The number of hydrogen-bond acceptors (Lipinski definition) is 2. The van der Waals surface area contributed by atoms with Gasteiger partial charge in [-0.25, -0.2) is 0 Å². The van der Waals surface area contributed by atoms with E-state index in [1.165, 1.54) is 0 Å². The Balaban J connectivity index is 3.04. The molecule has 1 N–H and O–H groups in total. The van der Waals surface area contributed by atoms with E-state index in [4.69, 9.17) is 5.11 Å². The molecule has 0 amide bonds. The van der Waals surface area contributed by atoms with E-state index in [1.54, 1.807) is 6.20 Å². The maximum atomic E-state index is 10.7. The van der Waals surface area contributed by atoms with Crippen molar-refractivity contribution in [1.82, 2.24) is 4.98 Å². The van der Waals surface area contributed by atoms with Gasteiger partial charge in [0, 0.05) is 17.3 Å². The maximum absolute atomic E-state index is 10.7. The standard InChI is InChI=1S/C12H17NO2/c1-8-5-10(7-13-9(8)2)12(3,4)6-11(14)15/h5,7H,6H2,1-4H3,(H,14,15). The first kappa shape index (κ1) is 11.7. The zero-order valence-corrected chi connectivity index (χ0v) is 9.66. The van der Waals surface area contributed by atoms with Gasteiger partial charge in [0.05, 0.1) is 6.42 Å². The Labute approximate surface area is 90.2 Å². The van der Waals surface area contributed by atoms with Crippen molar-refractivity contribution >= 4 is 5.97 Å². The number of pyridine rings is 1. The third-order valence-electron chi connectivity index (χ3n) is 2.71. The van der Waals surface area contributed by atoms with E-state index < -0.39 is 5.97 Å². The van der Waals surface area contributed by atoms with Gasteiger partial charge in [-0.3, -0.25) is 9.78 Å². The van der Waals surface area contributed by atoms with Crippen molar-refractivity contribution in [2.75, 3.05) is 0 Å². The van der Waals surface area contributed by atoms with Crippen LogP contribution in [0.3, 0.4) is 0 Å². The average Bonchev–Trinajstić information content (AvgIpc) is 2.07. The summed E-state index contributed by atoms with van der Waals surface area (Å²) in [6, 6.07) is 2.02. The van der Waals surface area contributed by atoms with Crippen LogP contribution in [0.15, 0.2) is 12.3 Å². The molecule has 0 fully saturated rings. The van der Waals surface area contributed by atoms with Gasteiger partial charge in [-0.15, -0.1) is 0 Å². The van der Waals surface area contributed by atoms with Crippen LogP contribution < -0.4 is 0 Å². The summed E-state index contributed by atoms with van der Waals surface area (Å²) in [6.07, 6.45) is 1.89. The molecule has 1 rings (SSSR count). The highest BCUT2D eigenvalue weighted by Gasteiger charge is 2.24.